The first-order valence-electron chi connectivity index (χ1n) is 20.2. The van der Waals surface area contributed by atoms with Crippen molar-refractivity contribution >= 4 is 19.7 Å². The second kappa shape index (κ2) is 34.3. The van der Waals surface area contributed by atoms with Crippen LogP contribution in [0.5, 0.6) is 0 Å². The van der Waals surface area contributed by atoms with Crippen molar-refractivity contribution in [1.29, 1.82) is 0 Å². The molecule has 0 rings (SSSR count). The van der Waals surface area contributed by atoms with Crippen LogP contribution in [-0.4, -0.2) is 49.5 Å². The Labute approximate surface area is 290 Å². The van der Waals surface area contributed by atoms with E-state index in [0.29, 0.717) is 32.3 Å². The first-order valence-corrected chi connectivity index (χ1v) is 21.0. The van der Waals surface area contributed by atoms with Gasteiger partial charge in [-0.2, -0.15) is 0 Å². The molecule has 0 aliphatic rings. The van der Waals surface area contributed by atoms with Gasteiger partial charge in [0.25, 0.3) is 0 Å². The molecule has 1 unspecified atom stereocenters. The van der Waals surface area contributed by atoms with E-state index in [0.717, 1.165) is 25.7 Å². The second-order valence-corrected chi connectivity index (χ2v) is 15.9. The van der Waals surface area contributed by atoms with Crippen LogP contribution < -0.4 is 5.11 Å². The Morgan fingerprint density at radius 2 is 0.913 bits per heavy atom. The average Bonchev–Trinajstić information content (AvgIpc) is 3.02. The third-order valence-corrected chi connectivity index (χ3v) is 9.82. The monoisotopic (exact) mass is 666 g/mol. The van der Waals surface area contributed by atoms with E-state index >= 15 is 0 Å². The molecule has 46 heavy (non-hydrogen) atoms. The minimum atomic E-state index is -0.480. The molecule has 4 nitrogen and oxygen atoms in total. The third-order valence-electron chi connectivity index (χ3n) is 9.03. The van der Waals surface area contributed by atoms with Crippen LogP contribution in [0.15, 0.2) is 12.2 Å². The van der Waals surface area contributed by atoms with Gasteiger partial charge >= 0.3 is 0 Å². The van der Waals surface area contributed by atoms with Crippen LogP contribution >= 0.6 is 8.43 Å². The lowest BCUT2D eigenvalue weighted by molar-refractivity contribution is -0.872. The van der Waals surface area contributed by atoms with Crippen LogP contribution in [-0.2, 0) is 9.32 Å². The van der Waals surface area contributed by atoms with Crippen LogP contribution in [0, 0.1) is 0 Å². The molecule has 0 aromatic heterocycles. The Kier molecular flexibility index (Phi) is 33.9. The number of carbonyl (C=O) groups is 1. The minimum Gasteiger partial charge on any atom is -0.826 e. The lowest BCUT2D eigenvalue weighted by Crippen LogP contribution is -2.44. The van der Waals surface area contributed by atoms with E-state index < -0.39 is 6.10 Å². The molecule has 0 spiro atoms. The summed E-state index contributed by atoms with van der Waals surface area (Å²) >= 11 is 0. The van der Waals surface area contributed by atoms with Crippen LogP contribution in [0.4, 0.5) is 0 Å². The van der Waals surface area contributed by atoms with E-state index in [1.807, 2.05) is 0 Å². The van der Waals surface area contributed by atoms with Gasteiger partial charge in [0.05, 0.1) is 21.1 Å². The van der Waals surface area contributed by atoms with Gasteiger partial charge in [0.2, 0.25) is 0 Å². The summed E-state index contributed by atoms with van der Waals surface area (Å²) in [6.45, 7) is 5.17. The van der Waals surface area contributed by atoms with E-state index in [1.165, 1.54) is 154 Å². The van der Waals surface area contributed by atoms with Gasteiger partial charge in [-0.15, -0.1) is 5.48 Å². The third kappa shape index (κ3) is 34.8. The number of rotatable bonds is 36. The van der Waals surface area contributed by atoms with Crippen molar-refractivity contribution in [1.82, 2.24) is 0 Å². The Hall–Kier alpha value is -0.540. The maximum atomic E-state index is 13.0. The largest absolute Gasteiger partial charge is 0.826 e. The number of allylic oxidation sites excluding steroid dienone is 2. The van der Waals surface area contributed by atoms with Crippen molar-refractivity contribution in [3.63, 3.8) is 0 Å². The molecule has 0 aromatic rings. The maximum Gasteiger partial charge on any atom is 0.175 e. The molecule has 0 saturated carbocycles. The average molecular weight is 666 g/mol. The molecule has 0 bridgehead atoms. The zero-order valence-corrected chi connectivity index (χ0v) is 32.7. The predicted molar refractivity (Wildman–Crippen MR) is 204 cm³/mol. The highest BCUT2D eigenvalue weighted by Crippen LogP contribution is 2.18. The first kappa shape index (κ1) is 45.5. The summed E-state index contributed by atoms with van der Waals surface area (Å²) in [5.41, 5.74) is 0.115. The van der Waals surface area contributed by atoms with Crippen molar-refractivity contribution in [2.75, 3.05) is 27.7 Å². The van der Waals surface area contributed by atoms with Crippen molar-refractivity contribution < 1.29 is 18.9 Å². The summed E-state index contributed by atoms with van der Waals surface area (Å²) in [6, 6.07) is 0. The van der Waals surface area contributed by atoms with Crippen LogP contribution in [0.3, 0.4) is 0 Å². The Morgan fingerprint density at radius 3 is 1.30 bits per heavy atom. The minimum absolute atomic E-state index is 0.115. The topological polar surface area (TPSA) is 49.4 Å². The number of ketones is 1. The molecule has 0 amide bonds. The molecule has 1 atom stereocenters. The molecule has 272 valence electrons. The lowest BCUT2D eigenvalue weighted by Gasteiger charge is -2.28. The number of nitrogens with zero attached hydrogens (tertiary/aromatic N) is 1. The Balaban J connectivity index is 3.95. The van der Waals surface area contributed by atoms with Crippen molar-refractivity contribution in [3.05, 3.63) is 12.2 Å². The molecular weight excluding hydrogens is 585 g/mol. The molecule has 0 aliphatic heterocycles. The van der Waals surface area contributed by atoms with Gasteiger partial charge in [-0.25, -0.2) is 0 Å². The van der Waals surface area contributed by atoms with Gasteiger partial charge in [0, 0.05) is 14.9 Å². The van der Waals surface area contributed by atoms with Crippen molar-refractivity contribution in [2.24, 2.45) is 0 Å². The molecule has 5 heteroatoms. The number of quaternary nitrogens is 1. The summed E-state index contributed by atoms with van der Waals surface area (Å²) in [5.74, 6) is 0.170. The quantitative estimate of drug-likeness (QED) is 0.0290. The lowest BCUT2D eigenvalue weighted by atomic mass is 10.0. The Bertz CT molecular complexity index is 715. The molecule has 0 heterocycles. The highest BCUT2D eigenvalue weighted by Gasteiger charge is 2.25. The van der Waals surface area contributed by atoms with Gasteiger partial charge in [0.15, 0.2) is 11.9 Å². The molecule has 0 radical (unpaired) electrons. The fourth-order valence-electron chi connectivity index (χ4n) is 6.04. The molecule has 0 fully saturated rings. The zero-order chi connectivity index (χ0) is 34.0. The standard InChI is InChI=1S/C41H80NO3P/c1-6-8-10-12-14-16-18-20-22-24-26-28-30-32-34-36-39(43)40(38-42(3,4)5)45-46-41(44)37-35-33-31-29-27-25-23-21-19-17-15-13-11-9-7-2/h21,23,40H,6-20,22,24-38H2,1-5H3. The highest BCUT2D eigenvalue weighted by atomic mass is 31.1. The summed E-state index contributed by atoms with van der Waals surface area (Å²) in [6.07, 6.45) is 41.6. The smallest absolute Gasteiger partial charge is 0.175 e. The fraction of sp³-hybridized carbons (Fsp3) is 0.902. The second-order valence-electron chi connectivity index (χ2n) is 15.1. The summed E-state index contributed by atoms with van der Waals surface area (Å²) in [4.78, 5) is 13.0. The van der Waals surface area contributed by atoms with E-state index in [2.05, 4.69) is 47.1 Å². The molecule has 0 saturated heterocycles. The van der Waals surface area contributed by atoms with Gasteiger partial charge in [-0.3, -0.25) is 4.79 Å². The molecule has 0 N–H and O–H groups in total. The highest BCUT2D eigenvalue weighted by molar-refractivity contribution is 7.34. The zero-order valence-electron chi connectivity index (χ0n) is 31.8. The number of hydrogen-bond donors (Lipinski definition) is 0. The van der Waals surface area contributed by atoms with Crippen molar-refractivity contribution in [3.8, 4) is 0 Å². The normalized spacial score (nSPS) is 13.2. The number of unbranched alkanes of at least 4 members (excludes halogenated alkanes) is 25. The Morgan fingerprint density at radius 1 is 0.565 bits per heavy atom. The van der Waals surface area contributed by atoms with Crippen LogP contribution in [0.2, 0.25) is 0 Å². The van der Waals surface area contributed by atoms with Gasteiger partial charge < -0.3 is 14.1 Å². The number of likely N-dealkylation sites (N-methyl/N-ethyl adjacent to an activating group) is 1. The predicted octanol–water partition coefficient (Wildman–Crippen LogP) is 12.3. The number of carbonyl (C=O) groups excluding carboxylic acids is 1. The van der Waals surface area contributed by atoms with E-state index in [-0.39, 0.29) is 11.3 Å². The summed E-state index contributed by atoms with van der Waals surface area (Å²) < 4.78 is 6.60. The van der Waals surface area contributed by atoms with Gasteiger partial charge in [-0.05, 0) is 38.5 Å². The van der Waals surface area contributed by atoms with Crippen LogP contribution in [0.1, 0.15) is 206 Å². The summed E-state index contributed by atoms with van der Waals surface area (Å²) in [5, 5.41) is 12.5. The molecule has 0 aliphatic carbocycles. The van der Waals surface area contributed by atoms with Crippen molar-refractivity contribution in [2.45, 2.75) is 213 Å². The molecule has 0 aromatic carbocycles. The van der Waals surface area contributed by atoms with E-state index in [1.54, 1.807) is 0 Å². The van der Waals surface area contributed by atoms with E-state index in [9.17, 15) is 9.90 Å². The SMILES string of the molecule is CCCCCCCCC=CCCCCCCCC([O-])=POC(C[N+](C)(C)C)C(=O)CCCCCCCCCCCCCCCCC. The number of hydrogen-bond acceptors (Lipinski definition) is 3. The van der Waals surface area contributed by atoms with Gasteiger partial charge in [0.1, 0.15) is 6.54 Å². The number of Topliss-reactive ketones (excluding diaryl/α,β-unsaturated/α-hetero) is 1. The van der Waals surface area contributed by atoms with Crippen LogP contribution in [0.25, 0.3) is 0 Å². The fourth-order valence-corrected chi connectivity index (χ4v) is 6.72. The molecular formula is C41H80NO3P. The summed E-state index contributed by atoms with van der Waals surface area (Å²) in [7, 11) is 6.62. The first-order chi connectivity index (χ1) is 22.3. The van der Waals surface area contributed by atoms with Gasteiger partial charge in [-0.1, -0.05) is 174 Å². The van der Waals surface area contributed by atoms with E-state index in [4.69, 9.17) is 4.52 Å². The maximum absolute atomic E-state index is 13.0.